The highest BCUT2D eigenvalue weighted by Gasteiger charge is 2.29. The van der Waals surface area contributed by atoms with Crippen LogP contribution in [-0.2, 0) is 9.47 Å². The number of unbranched alkanes of at least 4 members (excludes halogenated alkanes) is 1. The second kappa shape index (κ2) is 12.1. The fourth-order valence-electron chi connectivity index (χ4n) is 4.20. The smallest absolute Gasteiger partial charge is 0.407 e. The van der Waals surface area contributed by atoms with Crippen molar-refractivity contribution in [3.05, 3.63) is 76.6 Å². The van der Waals surface area contributed by atoms with Crippen molar-refractivity contribution in [2.45, 2.75) is 57.6 Å². The van der Waals surface area contributed by atoms with E-state index in [1.807, 2.05) is 36.4 Å². The van der Waals surface area contributed by atoms with Crippen LogP contribution >= 0.6 is 0 Å². The minimum atomic E-state index is -0.807. The first kappa shape index (κ1) is 26.5. The summed E-state index contributed by atoms with van der Waals surface area (Å²) < 4.78 is 10.7. The molecule has 0 spiro atoms. The van der Waals surface area contributed by atoms with Crippen molar-refractivity contribution in [3.8, 4) is 11.1 Å². The van der Waals surface area contributed by atoms with Crippen LogP contribution in [0.3, 0.4) is 0 Å². The van der Waals surface area contributed by atoms with E-state index in [9.17, 15) is 14.7 Å². The summed E-state index contributed by atoms with van der Waals surface area (Å²) in [5.74, 6) is -0.386. The van der Waals surface area contributed by atoms with Crippen LogP contribution in [0.25, 0.3) is 16.1 Å². The highest BCUT2D eigenvalue weighted by Crippen LogP contribution is 2.44. The SMILES string of the molecule is CC(C)(C)OC(=O)NCCCC[C@H](NC(=O)OCC1c2ccccc2-c2ccccc21)/C(O)=C/[N+]#N. The molecule has 1 aliphatic rings. The van der Waals surface area contributed by atoms with Crippen LogP contribution < -0.4 is 10.6 Å². The molecule has 0 saturated carbocycles. The van der Waals surface area contributed by atoms with Crippen molar-refractivity contribution in [1.29, 1.82) is 5.39 Å². The highest BCUT2D eigenvalue weighted by molar-refractivity contribution is 5.79. The number of nitrogens with one attached hydrogen (secondary N) is 2. The molecule has 0 radical (unpaired) electrons. The van der Waals surface area contributed by atoms with Crippen molar-refractivity contribution in [3.63, 3.8) is 0 Å². The van der Waals surface area contributed by atoms with Crippen molar-refractivity contribution in [2.24, 2.45) is 0 Å². The first-order chi connectivity index (χ1) is 17.2. The number of ether oxygens (including phenoxy) is 2. The van der Waals surface area contributed by atoms with E-state index in [1.165, 1.54) is 0 Å². The molecule has 3 N–H and O–H groups in total. The van der Waals surface area contributed by atoms with Gasteiger partial charge in [-0.15, -0.1) is 0 Å². The fourth-order valence-corrected chi connectivity index (χ4v) is 4.20. The zero-order chi connectivity index (χ0) is 26.1. The number of diazo groups is 1. The predicted octanol–water partition coefficient (Wildman–Crippen LogP) is 5.84. The number of hydrogen-bond donors (Lipinski definition) is 3. The van der Waals surface area contributed by atoms with Gasteiger partial charge in [-0.1, -0.05) is 48.5 Å². The van der Waals surface area contributed by atoms with Crippen molar-refractivity contribution in [2.75, 3.05) is 13.2 Å². The van der Waals surface area contributed by atoms with Crippen molar-refractivity contribution >= 4 is 12.2 Å². The van der Waals surface area contributed by atoms with E-state index in [2.05, 4.69) is 27.7 Å². The summed E-state index contributed by atoms with van der Waals surface area (Å²) in [5.41, 5.74) is 3.88. The van der Waals surface area contributed by atoms with Gasteiger partial charge in [-0.25, -0.2) is 9.59 Å². The summed E-state index contributed by atoms with van der Waals surface area (Å²) in [5, 5.41) is 24.3. The molecule has 0 bridgehead atoms. The Morgan fingerprint density at radius 3 is 2.25 bits per heavy atom. The quantitative estimate of drug-likeness (QED) is 0.229. The van der Waals surface area contributed by atoms with Crippen LogP contribution in [0, 0.1) is 5.39 Å². The van der Waals surface area contributed by atoms with Gasteiger partial charge in [0.1, 0.15) is 12.2 Å². The van der Waals surface area contributed by atoms with Crippen molar-refractivity contribution in [1.82, 2.24) is 10.6 Å². The van der Waals surface area contributed by atoms with E-state index >= 15 is 0 Å². The number of alkyl carbamates (subject to hydrolysis) is 2. The van der Waals surface area contributed by atoms with E-state index < -0.39 is 23.8 Å². The van der Waals surface area contributed by atoms with Gasteiger partial charge in [-0.05, 0) is 62.3 Å². The third kappa shape index (κ3) is 7.22. The Morgan fingerprint density at radius 2 is 1.67 bits per heavy atom. The summed E-state index contributed by atoms with van der Waals surface area (Å²) in [6.45, 7) is 5.87. The number of nitrogens with zero attached hydrogens (tertiary/aromatic N) is 2. The standard InChI is InChI=1S/C27H32N4O5/c1-27(2,3)36-25(33)29-15-9-8-14-23(24(32)16-30-28)31-26(34)35-17-22-20-12-6-4-10-18(20)19-11-5-7-13-21(19)22/h4-7,10-13,16,22-23H,8-9,14-15,17H2,1-3H3,(H2-,29,31,32,33,34)/p+1/b24-16-/t23-/m0/s1. The van der Waals surface area contributed by atoms with Gasteiger partial charge in [0.2, 0.25) is 11.2 Å². The van der Waals surface area contributed by atoms with Gasteiger partial charge in [0.05, 0.1) is 6.04 Å². The van der Waals surface area contributed by atoms with Crippen LogP contribution in [0.4, 0.5) is 9.59 Å². The third-order valence-electron chi connectivity index (χ3n) is 5.77. The number of carbonyl (C=O) groups is 2. The molecule has 9 nitrogen and oxygen atoms in total. The summed E-state index contributed by atoms with van der Waals surface area (Å²) in [4.78, 5) is 27.2. The van der Waals surface area contributed by atoms with Crippen LogP contribution in [0.2, 0.25) is 0 Å². The van der Waals surface area contributed by atoms with Gasteiger partial charge in [0, 0.05) is 12.5 Å². The molecule has 1 atom stereocenters. The average molecular weight is 494 g/mol. The Morgan fingerprint density at radius 1 is 1.06 bits per heavy atom. The van der Waals surface area contributed by atoms with Crippen LogP contribution in [0.1, 0.15) is 57.1 Å². The van der Waals surface area contributed by atoms with Gasteiger partial charge in [0.15, 0.2) is 4.98 Å². The van der Waals surface area contributed by atoms with Gasteiger partial charge >= 0.3 is 18.4 Å². The van der Waals surface area contributed by atoms with E-state index in [-0.39, 0.29) is 18.3 Å². The van der Waals surface area contributed by atoms with E-state index in [1.54, 1.807) is 20.8 Å². The number of benzene rings is 2. The second-order valence-corrected chi connectivity index (χ2v) is 9.62. The Bertz CT molecular complexity index is 1100. The largest absolute Gasteiger partial charge is 0.504 e. The number of fused-ring (bicyclic) bond motifs is 3. The maximum atomic E-state index is 12.6. The molecule has 2 amide bonds. The minimum Gasteiger partial charge on any atom is -0.504 e. The highest BCUT2D eigenvalue weighted by atomic mass is 16.6. The number of aliphatic hydroxyl groups excluding tert-OH is 1. The van der Waals surface area contributed by atoms with Gasteiger partial charge in [-0.2, -0.15) is 0 Å². The monoisotopic (exact) mass is 493 g/mol. The van der Waals surface area contributed by atoms with Crippen LogP contribution in [-0.4, -0.2) is 42.1 Å². The number of carbonyl (C=O) groups excluding carboxylic acids is 2. The molecule has 0 fully saturated rings. The summed E-state index contributed by atoms with van der Waals surface area (Å²) >= 11 is 0. The lowest BCUT2D eigenvalue weighted by molar-refractivity contribution is 0.0527. The summed E-state index contributed by atoms with van der Waals surface area (Å²) in [6.07, 6.45) is 1.18. The molecule has 0 aromatic heterocycles. The van der Waals surface area contributed by atoms with Gasteiger partial charge in [0.25, 0.3) is 0 Å². The number of rotatable bonds is 9. The summed E-state index contributed by atoms with van der Waals surface area (Å²) in [6, 6.07) is 15.3. The normalized spacial score (nSPS) is 13.7. The molecule has 9 heteroatoms. The molecule has 0 unspecified atom stereocenters. The number of aliphatic hydroxyl groups is 1. The molecule has 190 valence electrons. The first-order valence-electron chi connectivity index (χ1n) is 12.0. The average Bonchev–Trinajstić information content (AvgIpc) is 3.14. The second-order valence-electron chi connectivity index (χ2n) is 9.62. The molecule has 0 saturated heterocycles. The molecule has 2 aromatic rings. The molecular weight excluding hydrogens is 460 g/mol. The molecule has 36 heavy (non-hydrogen) atoms. The molecule has 3 rings (SSSR count). The molecule has 0 aliphatic heterocycles. The Balaban J connectivity index is 1.52. The lowest BCUT2D eigenvalue weighted by atomic mass is 9.98. The first-order valence-corrected chi connectivity index (χ1v) is 12.0. The lowest BCUT2D eigenvalue weighted by Crippen LogP contribution is -2.37. The Labute approximate surface area is 211 Å². The van der Waals surface area contributed by atoms with Crippen LogP contribution in [0.5, 0.6) is 0 Å². The number of hydrogen-bond acceptors (Lipinski definition) is 6. The maximum absolute atomic E-state index is 12.6. The Hall–Kier alpha value is -4.06. The van der Waals surface area contributed by atoms with E-state index in [4.69, 9.17) is 14.9 Å². The summed E-state index contributed by atoms with van der Waals surface area (Å²) in [7, 11) is 0. The lowest BCUT2D eigenvalue weighted by Gasteiger charge is -2.20. The molecule has 0 heterocycles. The predicted molar refractivity (Wildman–Crippen MR) is 136 cm³/mol. The molecule has 2 aromatic carbocycles. The van der Waals surface area contributed by atoms with Crippen LogP contribution in [0.15, 0.2) is 60.5 Å². The Kier molecular flexibility index (Phi) is 8.90. The van der Waals surface area contributed by atoms with E-state index in [0.29, 0.717) is 25.8 Å². The fraction of sp³-hybridized carbons (Fsp3) is 0.407. The molecule has 1 aliphatic carbocycles. The minimum absolute atomic E-state index is 0.0860. The third-order valence-corrected chi connectivity index (χ3v) is 5.77. The zero-order valence-electron chi connectivity index (χ0n) is 20.9. The van der Waals surface area contributed by atoms with Gasteiger partial charge < -0.3 is 25.2 Å². The maximum Gasteiger partial charge on any atom is 0.407 e. The number of amides is 2. The zero-order valence-corrected chi connectivity index (χ0v) is 20.9. The topological polar surface area (TPSA) is 125 Å². The van der Waals surface area contributed by atoms with E-state index in [0.717, 1.165) is 28.5 Å². The van der Waals surface area contributed by atoms with Gasteiger partial charge in [-0.3, -0.25) is 0 Å². The van der Waals surface area contributed by atoms with Crippen molar-refractivity contribution < 1.29 is 24.2 Å². The molecular formula is C27H33N4O5+.